The zero-order chi connectivity index (χ0) is 23.0. The first-order valence-corrected chi connectivity index (χ1v) is 12.3. The van der Waals surface area contributed by atoms with Gasteiger partial charge in [0.2, 0.25) is 6.71 Å². The largest absolute Gasteiger partial charge is 0.345 e. The summed E-state index contributed by atoms with van der Waals surface area (Å²) in [5.74, 6) is 0.494. The van der Waals surface area contributed by atoms with E-state index in [-0.39, 0.29) is 6.71 Å². The van der Waals surface area contributed by atoms with Gasteiger partial charge in [-0.15, -0.1) is 0 Å². The summed E-state index contributed by atoms with van der Waals surface area (Å²) >= 11 is 0. The molecule has 0 radical (unpaired) electrons. The van der Waals surface area contributed by atoms with Crippen LogP contribution in [0.4, 0.5) is 11.4 Å². The van der Waals surface area contributed by atoms with E-state index < -0.39 is 0 Å². The summed E-state index contributed by atoms with van der Waals surface area (Å²) in [5.41, 5.74) is 8.18. The minimum absolute atomic E-state index is 0.206. The van der Waals surface area contributed by atoms with Crippen LogP contribution in [0.25, 0.3) is 32.3 Å². The van der Waals surface area contributed by atoms with E-state index in [1.54, 1.807) is 0 Å². The van der Waals surface area contributed by atoms with Gasteiger partial charge in [-0.05, 0) is 66.9 Å². The van der Waals surface area contributed by atoms with Crippen LogP contribution in [-0.4, -0.2) is 13.8 Å². The molecule has 0 aliphatic carbocycles. The summed E-state index contributed by atoms with van der Waals surface area (Å²) < 4.78 is 0. The molecule has 0 fully saturated rings. The van der Waals surface area contributed by atoms with Crippen molar-refractivity contribution < 1.29 is 0 Å². The molecule has 6 aromatic carbocycles. The van der Waals surface area contributed by atoms with Gasteiger partial charge < -0.3 is 4.90 Å². The summed E-state index contributed by atoms with van der Waals surface area (Å²) in [6.07, 6.45) is 0. The highest BCUT2D eigenvalue weighted by atomic mass is 15.1. The first kappa shape index (κ1) is 19.7. The molecule has 162 valence electrons. The van der Waals surface area contributed by atoms with Gasteiger partial charge in [-0.1, -0.05) is 104 Å². The molecule has 0 atom stereocenters. The fraction of sp³-hybridized carbons (Fsp3) is 0.125. The Morgan fingerprint density at radius 1 is 0.647 bits per heavy atom. The summed E-state index contributed by atoms with van der Waals surface area (Å²) in [4.78, 5) is 2.39. The van der Waals surface area contributed by atoms with Crippen molar-refractivity contribution in [1.82, 2.24) is 0 Å². The lowest BCUT2D eigenvalue weighted by molar-refractivity contribution is 0.877. The molecule has 0 N–H and O–H groups in total. The predicted molar refractivity (Wildman–Crippen MR) is 150 cm³/mol. The molecule has 0 saturated carbocycles. The Kier molecular flexibility index (Phi) is 4.11. The van der Waals surface area contributed by atoms with Crippen LogP contribution in [0.5, 0.6) is 0 Å². The van der Waals surface area contributed by atoms with Gasteiger partial charge in [0.25, 0.3) is 0 Å². The second kappa shape index (κ2) is 7.11. The van der Waals surface area contributed by atoms with Crippen LogP contribution in [0.1, 0.15) is 25.3 Å². The third kappa shape index (κ3) is 2.57. The summed E-state index contributed by atoms with van der Waals surface area (Å²) in [7, 11) is 2.22. The number of nitrogens with zero attached hydrogens (tertiary/aromatic N) is 1. The first-order valence-electron chi connectivity index (χ1n) is 12.3. The normalized spacial score (nSPS) is 13.3. The fourth-order valence-electron chi connectivity index (χ4n) is 6.30. The predicted octanol–water partition coefficient (Wildman–Crippen LogP) is 6.30. The number of para-hydroxylation sites is 1. The Morgan fingerprint density at radius 2 is 1.32 bits per heavy atom. The van der Waals surface area contributed by atoms with E-state index >= 15 is 0 Å². The fourth-order valence-corrected chi connectivity index (χ4v) is 6.30. The average Bonchev–Trinajstić information content (AvgIpc) is 2.88. The zero-order valence-electron chi connectivity index (χ0n) is 19.8. The summed E-state index contributed by atoms with van der Waals surface area (Å²) in [6.45, 7) is 4.80. The highest BCUT2D eigenvalue weighted by Gasteiger charge is 2.35. The zero-order valence-corrected chi connectivity index (χ0v) is 19.8. The molecule has 7 rings (SSSR count). The van der Waals surface area contributed by atoms with Gasteiger partial charge >= 0.3 is 0 Å². The third-order valence-corrected chi connectivity index (χ3v) is 7.85. The topological polar surface area (TPSA) is 3.24 Å². The molecule has 1 heterocycles. The Balaban J connectivity index is 1.66. The standard InChI is InChI=1S/C32H26BN/c1-20(2)24-16-13-21-14-18-26-31-22(15-17-25(24)30(21)31)19-29-32(26)33(23-9-5-4-6-10-23)27-11-7-8-12-28(27)34(29)3/h4-20H,1-3H3. The summed E-state index contributed by atoms with van der Waals surface area (Å²) in [6, 6.07) is 36.3. The number of anilines is 2. The maximum Gasteiger partial charge on any atom is 0.247 e. The highest BCUT2D eigenvalue weighted by molar-refractivity contribution is 6.99. The second-order valence-electron chi connectivity index (χ2n) is 10.0. The van der Waals surface area contributed by atoms with Crippen LogP contribution in [0.2, 0.25) is 0 Å². The van der Waals surface area contributed by atoms with Crippen molar-refractivity contribution >= 4 is 66.8 Å². The van der Waals surface area contributed by atoms with Gasteiger partial charge in [0.1, 0.15) is 0 Å². The van der Waals surface area contributed by atoms with E-state index in [0.717, 1.165) is 0 Å². The Hall–Kier alpha value is -3.78. The average molecular weight is 435 g/mol. The maximum atomic E-state index is 2.42. The second-order valence-corrected chi connectivity index (χ2v) is 10.0. The third-order valence-electron chi connectivity index (χ3n) is 7.85. The van der Waals surface area contributed by atoms with Gasteiger partial charge in [0.05, 0.1) is 0 Å². The molecule has 1 nitrogen and oxygen atoms in total. The minimum atomic E-state index is 0.206. The van der Waals surface area contributed by atoms with Gasteiger partial charge in [0.15, 0.2) is 0 Å². The molecular weight excluding hydrogens is 409 g/mol. The van der Waals surface area contributed by atoms with E-state index in [9.17, 15) is 0 Å². The Bertz CT molecular complexity index is 1700. The highest BCUT2D eigenvalue weighted by Crippen LogP contribution is 2.40. The van der Waals surface area contributed by atoms with Crippen LogP contribution in [0.15, 0.2) is 97.1 Å². The van der Waals surface area contributed by atoms with E-state index in [1.807, 2.05) is 0 Å². The lowest BCUT2D eigenvalue weighted by Gasteiger charge is -2.36. The molecule has 1 aliphatic rings. The molecule has 0 aromatic heterocycles. The van der Waals surface area contributed by atoms with Crippen LogP contribution in [0.3, 0.4) is 0 Å². The SMILES string of the molecule is CC(C)c1ccc2ccc3c4c(cc5ccc1c2c53)N(C)c1ccccc1B4c1ccccc1. The number of hydrogen-bond acceptors (Lipinski definition) is 1. The van der Waals surface area contributed by atoms with Crippen molar-refractivity contribution in [3.63, 3.8) is 0 Å². The van der Waals surface area contributed by atoms with Gasteiger partial charge in [-0.3, -0.25) is 0 Å². The lowest BCUT2D eigenvalue weighted by Crippen LogP contribution is -2.57. The van der Waals surface area contributed by atoms with Crippen LogP contribution >= 0.6 is 0 Å². The first-order chi connectivity index (χ1) is 16.6. The van der Waals surface area contributed by atoms with E-state index in [1.165, 1.54) is 65.6 Å². The number of fused-ring (bicyclic) bond motifs is 3. The smallest absolute Gasteiger partial charge is 0.247 e. The molecule has 0 unspecified atom stereocenters. The lowest BCUT2D eigenvalue weighted by atomic mass is 9.34. The molecule has 34 heavy (non-hydrogen) atoms. The van der Waals surface area contributed by atoms with Crippen LogP contribution in [-0.2, 0) is 0 Å². The monoisotopic (exact) mass is 435 g/mol. The Labute approximate surface area is 201 Å². The molecule has 6 aromatic rings. The van der Waals surface area contributed by atoms with Crippen molar-refractivity contribution in [2.24, 2.45) is 0 Å². The molecule has 0 spiro atoms. The van der Waals surface area contributed by atoms with Gasteiger partial charge in [0, 0.05) is 18.4 Å². The van der Waals surface area contributed by atoms with Crippen molar-refractivity contribution in [3.8, 4) is 0 Å². The molecule has 0 saturated heterocycles. The quantitative estimate of drug-likeness (QED) is 0.228. The van der Waals surface area contributed by atoms with E-state index in [2.05, 4.69) is 123 Å². The number of benzene rings is 6. The number of hydrogen-bond donors (Lipinski definition) is 0. The van der Waals surface area contributed by atoms with Crippen molar-refractivity contribution in [1.29, 1.82) is 0 Å². The van der Waals surface area contributed by atoms with Crippen LogP contribution < -0.4 is 21.3 Å². The van der Waals surface area contributed by atoms with Gasteiger partial charge in [-0.25, -0.2) is 0 Å². The Morgan fingerprint density at radius 3 is 2.15 bits per heavy atom. The molecule has 1 aliphatic heterocycles. The van der Waals surface area contributed by atoms with Gasteiger partial charge in [-0.2, -0.15) is 0 Å². The van der Waals surface area contributed by atoms with Crippen LogP contribution in [0, 0.1) is 0 Å². The molecule has 2 heteroatoms. The van der Waals surface area contributed by atoms with E-state index in [0.29, 0.717) is 5.92 Å². The molecular formula is C32H26BN. The summed E-state index contributed by atoms with van der Waals surface area (Å²) in [5, 5.41) is 8.25. The van der Waals surface area contributed by atoms with Crippen molar-refractivity contribution in [2.75, 3.05) is 11.9 Å². The van der Waals surface area contributed by atoms with Crippen molar-refractivity contribution in [2.45, 2.75) is 19.8 Å². The maximum absolute atomic E-state index is 2.42. The minimum Gasteiger partial charge on any atom is -0.345 e. The van der Waals surface area contributed by atoms with E-state index in [4.69, 9.17) is 0 Å². The number of rotatable bonds is 2. The molecule has 0 bridgehead atoms. The molecule has 0 amide bonds. The van der Waals surface area contributed by atoms with Crippen molar-refractivity contribution in [3.05, 3.63) is 103 Å².